The molecule has 0 bridgehead atoms. The van der Waals surface area contributed by atoms with E-state index in [0.29, 0.717) is 0 Å². The zero-order valence-electron chi connectivity index (χ0n) is 11.0. The van der Waals surface area contributed by atoms with Crippen LogP contribution in [0.15, 0.2) is 22.8 Å². The summed E-state index contributed by atoms with van der Waals surface area (Å²) in [6, 6.07) is 3.88. The summed E-state index contributed by atoms with van der Waals surface area (Å²) in [5.74, 6) is 0.940. The Morgan fingerprint density at radius 3 is 3.16 bits per heavy atom. The summed E-state index contributed by atoms with van der Waals surface area (Å²) in [4.78, 5) is 8.07. The number of hydrogen-bond acceptors (Lipinski definition) is 5. The fraction of sp³-hybridized carbons (Fsp3) is 0.500. The minimum absolute atomic E-state index is 0.379. The van der Waals surface area contributed by atoms with Gasteiger partial charge >= 0.3 is 0 Å². The van der Waals surface area contributed by atoms with Crippen molar-refractivity contribution in [2.24, 2.45) is 0 Å². The van der Waals surface area contributed by atoms with Gasteiger partial charge in [0.05, 0.1) is 24.6 Å². The Kier molecular flexibility index (Phi) is 3.57. The standard InChI is InChI=1S/C14H18N2O2S/c1-2-16(9-10-5-4-8-18-10)14-15-13-11(17)6-3-7-12(13)19-14/h4-5,8,11,17H,2-3,6-7,9H2,1H3. The molecule has 1 aliphatic rings. The van der Waals surface area contributed by atoms with Crippen molar-refractivity contribution in [1.82, 2.24) is 4.98 Å². The zero-order valence-corrected chi connectivity index (χ0v) is 11.8. The number of aromatic nitrogens is 1. The van der Waals surface area contributed by atoms with Crippen molar-refractivity contribution in [3.8, 4) is 0 Å². The zero-order chi connectivity index (χ0) is 13.2. The number of furan rings is 1. The number of aryl methyl sites for hydroxylation is 1. The molecule has 0 saturated heterocycles. The molecule has 1 atom stereocenters. The first-order valence-corrected chi connectivity index (χ1v) is 7.54. The second-order valence-electron chi connectivity index (χ2n) is 4.81. The van der Waals surface area contributed by atoms with E-state index in [1.807, 2.05) is 12.1 Å². The monoisotopic (exact) mass is 278 g/mol. The lowest BCUT2D eigenvalue weighted by Gasteiger charge is -2.18. The van der Waals surface area contributed by atoms with E-state index in [4.69, 9.17) is 4.42 Å². The van der Waals surface area contributed by atoms with Gasteiger partial charge in [-0.05, 0) is 38.3 Å². The molecular weight excluding hydrogens is 260 g/mol. The summed E-state index contributed by atoms with van der Waals surface area (Å²) in [6.45, 7) is 3.72. The molecule has 1 unspecified atom stereocenters. The predicted octanol–water partition coefficient (Wildman–Crippen LogP) is 3.13. The van der Waals surface area contributed by atoms with Crippen LogP contribution in [0.3, 0.4) is 0 Å². The highest BCUT2D eigenvalue weighted by Crippen LogP contribution is 2.36. The highest BCUT2D eigenvalue weighted by molar-refractivity contribution is 7.15. The van der Waals surface area contributed by atoms with Gasteiger partial charge in [0.15, 0.2) is 5.13 Å². The molecule has 5 heteroatoms. The fourth-order valence-electron chi connectivity index (χ4n) is 2.42. The van der Waals surface area contributed by atoms with Crippen LogP contribution in [0.1, 0.15) is 42.2 Å². The van der Waals surface area contributed by atoms with E-state index in [-0.39, 0.29) is 6.10 Å². The van der Waals surface area contributed by atoms with Crippen LogP contribution in [0.2, 0.25) is 0 Å². The maximum atomic E-state index is 9.99. The molecule has 0 amide bonds. The van der Waals surface area contributed by atoms with Crippen LogP contribution < -0.4 is 4.90 Å². The predicted molar refractivity (Wildman–Crippen MR) is 75.4 cm³/mol. The highest BCUT2D eigenvalue weighted by Gasteiger charge is 2.24. The molecule has 3 rings (SSSR count). The van der Waals surface area contributed by atoms with Crippen LogP contribution in [0, 0.1) is 0 Å². The average Bonchev–Trinajstić information content (AvgIpc) is 3.05. The van der Waals surface area contributed by atoms with Crippen molar-refractivity contribution in [3.05, 3.63) is 34.7 Å². The lowest BCUT2D eigenvalue weighted by atomic mass is 10.0. The molecule has 102 valence electrons. The largest absolute Gasteiger partial charge is 0.467 e. The minimum atomic E-state index is -0.379. The van der Waals surface area contributed by atoms with Gasteiger partial charge in [-0.15, -0.1) is 11.3 Å². The van der Waals surface area contributed by atoms with Crippen LogP contribution in [-0.2, 0) is 13.0 Å². The third-order valence-corrected chi connectivity index (χ3v) is 4.68. The maximum Gasteiger partial charge on any atom is 0.186 e. The van der Waals surface area contributed by atoms with Gasteiger partial charge in [0, 0.05) is 11.4 Å². The quantitative estimate of drug-likeness (QED) is 0.933. The van der Waals surface area contributed by atoms with E-state index in [9.17, 15) is 5.11 Å². The molecule has 0 aliphatic heterocycles. The summed E-state index contributed by atoms with van der Waals surface area (Å²) < 4.78 is 5.40. The first-order chi connectivity index (χ1) is 9.28. The number of thiazole rings is 1. The van der Waals surface area contributed by atoms with Crippen LogP contribution in [0.25, 0.3) is 0 Å². The Hall–Kier alpha value is -1.33. The molecular formula is C14H18N2O2S. The molecule has 4 nitrogen and oxygen atoms in total. The van der Waals surface area contributed by atoms with Gasteiger partial charge in [0.1, 0.15) is 5.76 Å². The second-order valence-corrected chi connectivity index (χ2v) is 5.87. The van der Waals surface area contributed by atoms with Gasteiger partial charge in [0.2, 0.25) is 0 Å². The first-order valence-electron chi connectivity index (χ1n) is 6.73. The summed E-state index contributed by atoms with van der Waals surface area (Å²) in [6.07, 6.45) is 4.25. The van der Waals surface area contributed by atoms with Crippen LogP contribution in [-0.4, -0.2) is 16.6 Å². The molecule has 19 heavy (non-hydrogen) atoms. The van der Waals surface area contributed by atoms with E-state index in [2.05, 4.69) is 16.8 Å². The fourth-order valence-corrected chi connectivity index (χ4v) is 3.64. The van der Waals surface area contributed by atoms with Gasteiger partial charge < -0.3 is 14.4 Å². The maximum absolute atomic E-state index is 9.99. The third kappa shape index (κ3) is 2.53. The summed E-state index contributed by atoms with van der Waals surface area (Å²) in [7, 11) is 0. The number of aliphatic hydroxyl groups is 1. The molecule has 1 aliphatic carbocycles. The Morgan fingerprint density at radius 2 is 2.47 bits per heavy atom. The lowest BCUT2D eigenvalue weighted by molar-refractivity contribution is 0.153. The van der Waals surface area contributed by atoms with Crippen molar-refractivity contribution in [3.63, 3.8) is 0 Å². The Labute approximate surface area is 116 Å². The topological polar surface area (TPSA) is 49.5 Å². The first kappa shape index (κ1) is 12.7. The van der Waals surface area contributed by atoms with Gasteiger partial charge in [-0.2, -0.15) is 0 Å². The SMILES string of the molecule is CCN(Cc1ccco1)c1nc2c(s1)CCCC2O. The number of anilines is 1. The molecule has 1 N–H and O–H groups in total. The normalized spacial score (nSPS) is 18.3. The van der Waals surface area contributed by atoms with Gasteiger partial charge in [0.25, 0.3) is 0 Å². The van der Waals surface area contributed by atoms with E-state index in [0.717, 1.165) is 48.9 Å². The van der Waals surface area contributed by atoms with Crippen molar-refractivity contribution < 1.29 is 9.52 Å². The molecule has 0 fully saturated rings. The Bertz CT molecular complexity index is 536. The number of rotatable bonds is 4. The van der Waals surface area contributed by atoms with Gasteiger partial charge in [-0.25, -0.2) is 4.98 Å². The van der Waals surface area contributed by atoms with Gasteiger partial charge in [-0.1, -0.05) is 0 Å². The average molecular weight is 278 g/mol. The number of hydrogen-bond donors (Lipinski definition) is 1. The minimum Gasteiger partial charge on any atom is -0.467 e. The number of aliphatic hydroxyl groups excluding tert-OH is 1. The molecule has 0 aromatic carbocycles. The van der Waals surface area contributed by atoms with Crippen molar-refractivity contribution in [2.45, 2.75) is 38.8 Å². The smallest absolute Gasteiger partial charge is 0.186 e. The van der Waals surface area contributed by atoms with Crippen LogP contribution in [0.4, 0.5) is 5.13 Å². The summed E-state index contributed by atoms with van der Waals surface area (Å²) in [5.41, 5.74) is 0.893. The second kappa shape index (κ2) is 5.35. The van der Waals surface area contributed by atoms with E-state index in [1.54, 1.807) is 17.6 Å². The molecule has 0 saturated carbocycles. The summed E-state index contributed by atoms with van der Waals surface area (Å²) in [5, 5.41) is 11.0. The van der Waals surface area contributed by atoms with Crippen molar-refractivity contribution >= 4 is 16.5 Å². The lowest BCUT2D eigenvalue weighted by Crippen LogP contribution is -2.21. The Balaban J connectivity index is 1.83. The van der Waals surface area contributed by atoms with Crippen LogP contribution >= 0.6 is 11.3 Å². The molecule has 2 heterocycles. The van der Waals surface area contributed by atoms with Gasteiger partial charge in [-0.3, -0.25) is 0 Å². The van der Waals surface area contributed by atoms with E-state index in [1.165, 1.54) is 4.88 Å². The molecule has 2 aromatic rings. The van der Waals surface area contributed by atoms with Crippen molar-refractivity contribution in [2.75, 3.05) is 11.4 Å². The van der Waals surface area contributed by atoms with Crippen LogP contribution in [0.5, 0.6) is 0 Å². The van der Waals surface area contributed by atoms with E-state index >= 15 is 0 Å². The highest BCUT2D eigenvalue weighted by atomic mass is 32.1. The third-order valence-electron chi connectivity index (χ3n) is 3.49. The summed E-state index contributed by atoms with van der Waals surface area (Å²) >= 11 is 1.71. The number of nitrogens with zero attached hydrogens (tertiary/aromatic N) is 2. The van der Waals surface area contributed by atoms with E-state index < -0.39 is 0 Å². The number of fused-ring (bicyclic) bond motifs is 1. The molecule has 2 aromatic heterocycles. The molecule has 0 spiro atoms. The molecule has 0 radical (unpaired) electrons. The van der Waals surface area contributed by atoms with Crippen molar-refractivity contribution in [1.29, 1.82) is 0 Å². The Morgan fingerprint density at radius 1 is 1.58 bits per heavy atom.